The van der Waals surface area contributed by atoms with Gasteiger partial charge in [0.05, 0.1) is 56.8 Å². The Labute approximate surface area is 346 Å². The fourth-order valence-corrected chi connectivity index (χ4v) is 9.03. The minimum absolute atomic E-state index is 0.00774. The highest BCUT2D eigenvalue weighted by molar-refractivity contribution is 6.76. The van der Waals surface area contributed by atoms with Gasteiger partial charge in [0, 0.05) is 34.0 Å². The molecule has 12 nitrogen and oxygen atoms in total. The largest absolute Gasteiger partial charge is 0.379 e. The average Bonchev–Trinajstić information content (AvgIpc) is 3.62. The number of carbonyl (C=O) groups is 4. The van der Waals surface area contributed by atoms with Gasteiger partial charge in [0.15, 0.2) is 0 Å². The molecule has 0 aromatic heterocycles. The second kappa shape index (κ2) is 23.1. The number of hydrogen-bond acceptors (Lipinski definition) is 8. The van der Waals surface area contributed by atoms with Crippen LogP contribution in [0.15, 0.2) is 30.3 Å². The summed E-state index contributed by atoms with van der Waals surface area (Å²) < 4.78 is 18.6. The van der Waals surface area contributed by atoms with Crippen molar-refractivity contribution in [3.63, 3.8) is 0 Å². The van der Waals surface area contributed by atoms with E-state index in [1.807, 2.05) is 95.8 Å². The first-order valence-corrected chi connectivity index (χ1v) is 24.9. The summed E-state index contributed by atoms with van der Waals surface area (Å²) in [4.78, 5) is 61.4. The first-order valence-electron chi connectivity index (χ1n) is 21.2. The second-order valence-corrected chi connectivity index (χ2v) is 23.9. The molecule has 1 aliphatic rings. The van der Waals surface area contributed by atoms with E-state index in [9.17, 15) is 19.2 Å². The molecule has 13 heteroatoms. The number of likely N-dealkylation sites (N-methyl/N-ethyl adjacent to an activating group) is 2. The van der Waals surface area contributed by atoms with Crippen LogP contribution in [0.3, 0.4) is 0 Å². The third kappa shape index (κ3) is 14.1. The monoisotopic (exact) mass is 818 g/mol. The number of methoxy groups -OCH3 is 2. The zero-order valence-electron chi connectivity index (χ0n) is 38.3. The van der Waals surface area contributed by atoms with Gasteiger partial charge in [0.2, 0.25) is 23.6 Å². The summed E-state index contributed by atoms with van der Waals surface area (Å²) in [5.74, 6) is -1.34. The SMILES string of the molecule is CC[C@H](C)[C@@H]([C@@H](CC(=O)N1CCC[C@H]1[C@@H](OC)[C@@H](C)C(=O)N[C@H](C)[C@@H](OC[Si](C)(C)C)c1ccccc1)OC)N(C)C(=O)[C@@H](NC(=O)[C@H](C(C)C)N(C)C)C(C)C. The first kappa shape index (κ1) is 50.3. The van der Waals surface area contributed by atoms with E-state index in [1.54, 1.807) is 26.2 Å². The maximum atomic E-state index is 14.3. The van der Waals surface area contributed by atoms with E-state index in [-0.39, 0.29) is 72.0 Å². The van der Waals surface area contributed by atoms with Gasteiger partial charge in [0.25, 0.3) is 0 Å². The van der Waals surface area contributed by atoms with Gasteiger partial charge in [-0.25, -0.2) is 0 Å². The molecule has 1 aliphatic heterocycles. The summed E-state index contributed by atoms with van der Waals surface area (Å²) >= 11 is 0. The molecule has 0 spiro atoms. The minimum atomic E-state index is -1.53. The highest BCUT2D eigenvalue weighted by Gasteiger charge is 2.43. The molecular weight excluding hydrogens is 739 g/mol. The van der Waals surface area contributed by atoms with Crippen LogP contribution in [0.5, 0.6) is 0 Å². The summed E-state index contributed by atoms with van der Waals surface area (Å²) in [6, 6.07) is 7.81. The standard InChI is InChI=1S/C44H79N5O7Si/c1-17-30(6)39(48(11)44(53)37(28(2)3)46-43(52)38(29(4)5)47(9)10)35(54-12)26-36(50)49-25-21-24-34(49)40(55-13)31(7)42(51)45-32(8)41(56-27-57(14,15)16)33-22-19-18-20-23-33/h18-20,22-23,28-32,34-35,37-41H,17,21,24-27H2,1-16H3,(H,45,51)(H,46,52)/t30-,31+,32+,34-,35+,37-,38-,39-,40-,41+/m0/s1. The fourth-order valence-electron chi connectivity index (χ4n) is 8.35. The lowest BCUT2D eigenvalue weighted by molar-refractivity contribution is -0.148. The normalized spacial score (nSPS) is 19.7. The van der Waals surface area contributed by atoms with Gasteiger partial charge < -0.3 is 34.6 Å². The van der Waals surface area contributed by atoms with E-state index >= 15 is 0 Å². The van der Waals surface area contributed by atoms with Crippen LogP contribution in [0.25, 0.3) is 0 Å². The lowest BCUT2D eigenvalue weighted by Gasteiger charge is -2.41. The molecule has 10 atom stereocenters. The Kier molecular flexibility index (Phi) is 20.4. The van der Waals surface area contributed by atoms with Crippen molar-refractivity contribution >= 4 is 31.7 Å². The van der Waals surface area contributed by atoms with E-state index in [4.69, 9.17) is 14.2 Å². The Balaban J connectivity index is 2.29. The number of likely N-dealkylation sites (tertiary alicyclic amines) is 1. The van der Waals surface area contributed by atoms with Gasteiger partial charge in [-0.2, -0.15) is 0 Å². The Bertz CT molecular complexity index is 1400. The van der Waals surface area contributed by atoms with Crippen LogP contribution >= 0.6 is 0 Å². The van der Waals surface area contributed by atoms with Crippen molar-refractivity contribution in [1.82, 2.24) is 25.3 Å². The molecule has 2 rings (SSSR count). The average molecular weight is 818 g/mol. The zero-order valence-corrected chi connectivity index (χ0v) is 39.3. The quantitative estimate of drug-likeness (QED) is 0.133. The van der Waals surface area contributed by atoms with Crippen molar-refractivity contribution < 1.29 is 33.4 Å². The van der Waals surface area contributed by atoms with Crippen molar-refractivity contribution in [3.05, 3.63) is 35.9 Å². The maximum absolute atomic E-state index is 14.3. The molecule has 1 aromatic carbocycles. The van der Waals surface area contributed by atoms with Crippen molar-refractivity contribution in [3.8, 4) is 0 Å². The van der Waals surface area contributed by atoms with Crippen molar-refractivity contribution in [2.75, 3.05) is 48.1 Å². The minimum Gasteiger partial charge on any atom is -0.379 e. The number of carbonyl (C=O) groups excluding carboxylic acids is 4. The van der Waals surface area contributed by atoms with Crippen LogP contribution < -0.4 is 10.6 Å². The van der Waals surface area contributed by atoms with Gasteiger partial charge >= 0.3 is 0 Å². The molecule has 4 amide bonds. The summed E-state index contributed by atoms with van der Waals surface area (Å²) in [7, 11) is 7.14. The lowest BCUT2D eigenvalue weighted by atomic mass is 9.89. The van der Waals surface area contributed by atoms with Crippen molar-refractivity contribution in [2.45, 2.75) is 149 Å². The zero-order chi connectivity index (χ0) is 43.4. The van der Waals surface area contributed by atoms with Gasteiger partial charge in [-0.15, -0.1) is 0 Å². The number of nitrogens with zero attached hydrogens (tertiary/aromatic N) is 3. The summed E-state index contributed by atoms with van der Waals surface area (Å²) in [6.45, 7) is 23.1. The first-order chi connectivity index (χ1) is 26.6. The third-order valence-electron chi connectivity index (χ3n) is 11.6. The molecule has 1 saturated heterocycles. The number of rotatable bonds is 23. The molecule has 0 radical (unpaired) electrons. The second-order valence-electron chi connectivity index (χ2n) is 18.5. The molecule has 57 heavy (non-hydrogen) atoms. The van der Waals surface area contributed by atoms with E-state index in [2.05, 4.69) is 44.1 Å². The van der Waals surface area contributed by atoms with Gasteiger partial charge in [-0.1, -0.05) is 105 Å². The molecule has 0 saturated carbocycles. The van der Waals surface area contributed by atoms with Crippen LogP contribution in [-0.4, -0.2) is 137 Å². The van der Waals surface area contributed by atoms with Gasteiger partial charge in [0.1, 0.15) is 12.1 Å². The van der Waals surface area contributed by atoms with Crippen molar-refractivity contribution in [1.29, 1.82) is 0 Å². The highest BCUT2D eigenvalue weighted by atomic mass is 28.3. The number of ether oxygens (including phenoxy) is 3. The molecule has 0 bridgehead atoms. The summed E-state index contributed by atoms with van der Waals surface area (Å²) in [5, 5.41) is 6.28. The molecule has 1 fully saturated rings. The summed E-state index contributed by atoms with van der Waals surface area (Å²) in [6.07, 6.45) is 1.50. The molecule has 326 valence electrons. The molecule has 1 aromatic rings. The van der Waals surface area contributed by atoms with Crippen LogP contribution in [0, 0.1) is 23.7 Å². The molecular formula is C44H79N5O7Si. The predicted molar refractivity (Wildman–Crippen MR) is 231 cm³/mol. The van der Waals surface area contributed by atoms with E-state index in [0.29, 0.717) is 19.2 Å². The molecule has 0 aliphatic carbocycles. The highest BCUT2D eigenvalue weighted by Crippen LogP contribution is 2.30. The maximum Gasteiger partial charge on any atom is 0.245 e. The van der Waals surface area contributed by atoms with Crippen LogP contribution in [0.4, 0.5) is 0 Å². The van der Waals surface area contributed by atoms with Gasteiger partial charge in [-0.3, -0.25) is 24.1 Å². The van der Waals surface area contributed by atoms with Gasteiger partial charge in [-0.05, 0) is 57.2 Å². The van der Waals surface area contributed by atoms with Crippen LogP contribution in [-0.2, 0) is 33.4 Å². The molecule has 2 N–H and O–H groups in total. The number of hydrogen-bond donors (Lipinski definition) is 2. The van der Waals surface area contributed by atoms with E-state index in [1.165, 1.54) is 0 Å². The Hall–Kier alpha value is -2.84. The third-order valence-corrected chi connectivity index (χ3v) is 12.6. The Morgan fingerprint density at radius 3 is 1.98 bits per heavy atom. The summed E-state index contributed by atoms with van der Waals surface area (Å²) in [5.41, 5.74) is 1.01. The lowest BCUT2D eigenvalue weighted by Crippen LogP contribution is -2.59. The Morgan fingerprint density at radius 2 is 1.49 bits per heavy atom. The molecule has 1 heterocycles. The predicted octanol–water partition coefficient (Wildman–Crippen LogP) is 5.77. The van der Waals surface area contributed by atoms with E-state index < -0.39 is 38.3 Å². The fraction of sp³-hybridized carbons (Fsp3) is 0.773. The number of amides is 4. The Morgan fingerprint density at radius 1 is 0.877 bits per heavy atom. The van der Waals surface area contributed by atoms with Crippen molar-refractivity contribution in [2.24, 2.45) is 23.7 Å². The van der Waals surface area contributed by atoms with Crippen LogP contribution in [0.1, 0.15) is 92.7 Å². The van der Waals surface area contributed by atoms with Crippen LogP contribution in [0.2, 0.25) is 19.6 Å². The number of nitrogens with one attached hydrogen (secondary N) is 2. The number of benzene rings is 1. The molecule has 0 unspecified atom stereocenters. The topological polar surface area (TPSA) is 130 Å². The van der Waals surface area contributed by atoms with E-state index in [0.717, 1.165) is 18.4 Å². The smallest absolute Gasteiger partial charge is 0.245 e.